The van der Waals surface area contributed by atoms with E-state index in [1.807, 2.05) is 0 Å². The van der Waals surface area contributed by atoms with Gasteiger partial charge in [-0.2, -0.15) is 0 Å². The van der Waals surface area contributed by atoms with Gasteiger partial charge in [0, 0.05) is 12.8 Å². The van der Waals surface area contributed by atoms with Crippen LogP contribution in [0.15, 0.2) is 24.3 Å². The summed E-state index contributed by atoms with van der Waals surface area (Å²) < 4.78 is 5.44. The number of allylic oxidation sites excluding steroid dienone is 4. The van der Waals surface area contributed by atoms with Gasteiger partial charge in [-0.15, -0.1) is 0 Å². The molecule has 6 nitrogen and oxygen atoms in total. The number of nitrogens with one attached hydrogen (secondary N) is 1. The largest absolute Gasteiger partial charge is 0.466 e. The summed E-state index contributed by atoms with van der Waals surface area (Å²) >= 11 is 0. The second-order valence-corrected chi connectivity index (χ2v) is 16.4. The first-order valence-electron chi connectivity index (χ1n) is 24.1. The summed E-state index contributed by atoms with van der Waals surface area (Å²) in [5, 5.41) is 23.0. The third-order valence-corrected chi connectivity index (χ3v) is 11.0. The molecule has 0 radical (unpaired) electrons. The molecule has 0 rings (SSSR count). The second-order valence-electron chi connectivity index (χ2n) is 16.4. The highest BCUT2D eigenvalue weighted by molar-refractivity contribution is 5.76. The van der Waals surface area contributed by atoms with E-state index in [9.17, 15) is 19.8 Å². The molecule has 0 aromatic heterocycles. The third kappa shape index (κ3) is 41.8. The fraction of sp³-hybridized carbons (Fsp3) is 0.878. The zero-order valence-electron chi connectivity index (χ0n) is 36.7. The average molecular weight is 776 g/mol. The molecule has 0 aromatic rings. The molecule has 0 aromatic carbocycles. The minimum absolute atomic E-state index is 0.0309. The lowest BCUT2D eigenvalue weighted by Gasteiger charge is -2.22. The first-order chi connectivity index (χ1) is 27.0. The van der Waals surface area contributed by atoms with Crippen molar-refractivity contribution in [3.63, 3.8) is 0 Å². The van der Waals surface area contributed by atoms with Crippen molar-refractivity contribution in [2.24, 2.45) is 0 Å². The van der Waals surface area contributed by atoms with Gasteiger partial charge in [-0.25, -0.2) is 0 Å². The summed E-state index contributed by atoms with van der Waals surface area (Å²) in [6.07, 6.45) is 51.4. The van der Waals surface area contributed by atoms with E-state index in [1.54, 1.807) is 0 Å². The van der Waals surface area contributed by atoms with E-state index in [1.165, 1.54) is 141 Å². The maximum absolute atomic E-state index is 12.4. The van der Waals surface area contributed by atoms with E-state index in [4.69, 9.17) is 4.74 Å². The Balaban J connectivity index is 3.50. The van der Waals surface area contributed by atoms with Gasteiger partial charge in [-0.3, -0.25) is 9.59 Å². The van der Waals surface area contributed by atoms with Gasteiger partial charge in [0.05, 0.1) is 25.4 Å². The SMILES string of the molecule is CCCCCCCCC/C=C\CCCCCCCC(=O)OCCCCC/C=C\CCCCCCCC(=O)NC(CO)C(O)CCCCCCCCCCCC. The van der Waals surface area contributed by atoms with E-state index in [2.05, 4.69) is 43.5 Å². The molecule has 0 aliphatic rings. The van der Waals surface area contributed by atoms with Crippen molar-refractivity contribution in [2.45, 2.75) is 264 Å². The molecule has 6 heteroatoms. The monoisotopic (exact) mass is 776 g/mol. The van der Waals surface area contributed by atoms with Crippen LogP contribution in [0.2, 0.25) is 0 Å². The van der Waals surface area contributed by atoms with Crippen LogP contribution in [0.4, 0.5) is 0 Å². The Labute approximate surface area is 341 Å². The Morgan fingerprint density at radius 3 is 1.29 bits per heavy atom. The number of aliphatic hydroxyl groups excluding tert-OH is 2. The molecule has 0 saturated carbocycles. The molecule has 55 heavy (non-hydrogen) atoms. The molecule has 324 valence electrons. The van der Waals surface area contributed by atoms with E-state index < -0.39 is 12.1 Å². The van der Waals surface area contributed by atoms with Crippen molar-refractivity contribution in [2.75, 3.05) is 13.2 Å². The summed E-state index contributed by atoms with van der Waals surface area (Å²) in [7, 11) is 0. The molecule has 0 spiro atoms. The van der Waals surface area contributed by atoms with Gasteiger partial charge in [-0.05, 0) is 83.5 Å². The van der Waals surface area contributed by atoms with E-state index in [0.29, 0.717) is 25.9 Å². The number of carbonyl (C=O) groups is 2. The minimum atomic E-state index is -0.678. The molecule has 0 saturated heterocycles. The number of hydrogen-bond acceptors (Lipinski definition) is 5. The van der Waals surface area contributed by atoms with Crippen LogP contribution in [0.3, 0.4) is 0 Å². The van der Waals surface area contributed by atoms with Gasteiger partial charge in [0.1, 0.15) is 0 Å². The van der Waals surface area contributed by atoms with Gasteiger partial charge < -0.3 is 20.3 Å². The summed E-state index contributed by atoms with van der Waals surface area (Å²) in [6.45, 7) is 4.86. The lowest BCUT2D eigenvalue weighted by Crippen LogP contribution is -2.45. The lowest BCUT2D eigenvalue weighted by atomic mass is 10.0. The van der Waals surface area contributed by atoms with Crippen LogP contribution < -0.4 is 5.32 Å². The maximum atomic E-state index is 12.4. The van der Waals surface area contributed by atoms with Crippen LogP contribution in [0.1, 0.15) is 251 Å². The zero-order valence-corrected chi connectivity index (χ0v) is 36.7. The first kappa shape index (κ1) is 53.3. The number of amides is 1. The van der Waals surface area contributed by atoms with Crippen molar-refractivity contribution >= 4 is 11.9 Å². The predicted molar refractivity (Wildman–Crippen MR) is 236 cm³/mol. The Bertz CT molecular complexity index is 858. The molecule has 0 fully saturated rings. The quantitative estimate of drug-likeness (QED) is 0.0325. The average Bonchev–Trinajstić information content (AvgIpc) is 3.18. The number of aliphatic hydroxyl groups is 2. The number of rotatable bonds is 44. The standard InChI is InChI=1S/C49H93NO5/c1-3-5-7-9-11-13-15-16-17-18-19-23-27-31-35-39-43-49(54)55-44-40-36-32-28-24-21-20-22-26-30-34-38-42-48(53)50-46(45-51)47(52)41-37-33-29-25-14-12-10-8-6-4-2/h17-18,21,24,46-47,51-52H,3-16,19-20,22-23,25-45H2,1-2H3,(H,50,53)/b18-17-,24-21-. The topological polar surface area (TPSA) is 95.9 Å². The summed E-state index contributed by atoms with van der Waals surface area (Å²) in [4.78, 5) is 24.4. The molecular formula is C49H93NO5. The number of unbranched alkanes of at least 4 members (excludes halogenated alkanes) is 29. The maximum Gasteiger partial charge on any atom is 0.305 e. The Morgan fingerprint density at radius 1 is 0.491 bits per heavy atom. The fourth-order valence-electron chi connectivity index (χ4n) is 7.21. The van der Waals surface area contributed by atoms with Crippen molar-refractivity contribution in [3.8, 4) is 0 Å². The smallest absolute Gasteiger partial charge is 0.305 e. The lowest BCUT2D eigenvalue weighted by molar-refractivity contribution is -0.143. The van der Waals surface area contributed by atoms with Crippen molar-refractivity contribution in [3.05, 3.63) is 24.3 Å². The van der Waals surface area contributed by atoms with Gasteiger partial charge in [0.15, 0.2) is 0 Å². The molecule has 0 aliphatic heterocycles. The number of carbonyl (C=O) groups excluding carboxylic acids is 2. The van der Waals surface area contributed by atoms with Crippen LogP contribution in [-0.4, -0.2) is 47.4 Å². The highest BCUT2D eigenvalue weighted by Gasteiger charge is 2.20. The van der Waals surface area contributed by atoms with Crippen molar-refractivity contribution in [1.29, 1.82) is 0 Å². The molecule has 0 aliphatic carbocycles. The second kappa shape index (κ2) is 45.0. The molecule has 1 amide bonds. The van der Waals surface area contributed by atoms with Gasteiger partial charge in [-0.1, -0.05) is 179 Å². The van der Waals surface area contributed by atoms with Gasteiger partial charge in [0.25, 0.3) is 0 Å². The predicted octanol–water partition coefficient (Wildman–Crippen LogP) is 14.0. The van der Waals surface area contributed by atoms with Gasteiger partial charge >= 0.3 is 5.97 Å². The highest BCUT2D eigenvalue weighted by atomic mass is 16.5. The Morgan fingerprint density at radius 2 is 0.855 bits per heavy atom. The number of ether oxygens (including phenoxy) is 1. The van der Waals surface area contributed by atoms with Gasteiger partial charge in [0.2, 0.25) is 5.91 Å². The Kier molecular flexibility index (Phi) is 43.7. The van der Waals surface area contributed by atoms with Crippen LogP contribution in [0.5, 0.6) is 0 Å². The summed E-state index contributed by atoms with van der Waals surface area (Å²) in [6, 6.07) is -0.558. The Hall–Kier alpha value is -1.66. The number of hydrogen-bond donors (Lipinski definition) is 3. The molecule has 0 heterocycles. The molecule has 3 N–H and O–H groups in total. The normalized spacial score (nSPS) is 12.9. The molecule has 2 atom stereocenters. The van der Waals surface area contributed by atoms with E-state index >= 15 is 0 Å². The zero-order chi connectivity index (χ0) is 40.1. The van der Waals surface area contributed by atoms with Crippen LogP contribution in [0.25, 0.3) is 0 Å². The van der Waals surface area contributed by atoms with Crippen molar-refractivity contribution < 1.29 is 24.5 Å². The van der Waals surface area contributed by atoms with E-state index in [0.717, 1.165) is 77.0 Å². The number of esters is 1. The fourth-order valence-corrected chi connectivity index (χ4v) is 7.21. The van der Waals surface area contributed by atoms with Crippen LogP contribution in [0, 0.1) is 0 Å². The first-order valence-corrected chi connectivity index (χ1v) is 24.1. The highest BCUT2D eigenvalue weighted by Crippen LogP contribution is 2.15. The van der Waals surface area contributed by atoms with Crippen LogP contribution in [-0.2, 0) is 14.3 Å². The molecular weight excluding hydrogens is 683 g/mol. The summed E-state index contributed by atoms with van der Waals surface area (Å²) in [5.41, 5.74) is 0. The third-order valence-electron chi connectivity index (χ3n) is 11.0. The van der Waals surface area contributed by atoms with Crippen molar-refractivity contribution in [1.82, 2.24) is 5.32 Å². The minimum Gasteiger partial charge on any atom is -0.466 e. The summed E-state index contributed by atoms with van der Waals surface area (Å²) in [5.74, 6) is -0.0946. The van der Waals surface area contributed by atoms with Crippen LogP contribution >= 0.6 is 0 Å². The molecule has 2 unspecified atom stereocenters. The van der Waals surface area contributed by atoms with E-state index in [-0.39, 0.29) is 18.5 Å². The molecule has 0 bridgehead atoms.